The van der Waals surface area contributed by atoms with Crippen molar-refractivity contribution in [1.82, 2.24) is 9.97 Å². The number of amides is 1. The number of rotatable bonds is 10. The van der Waals surface area contributed by atoms with Crippen LogP contribution in [0.2, 0.25) is 0 Å². The largest absolute Gasteiger partial charge is 0.371 e. The number of carbonyl (C=O) groups excluding carboxylic acids is 2. The molecule has 2 aromatic carbocycles. The highest BCUT2D eigenvalue weighted by atomic mass is 16.1. The molecule has 0 atom stereocenters. The summed E-state index contributed by atoms with van der Waals surface area (Å²) in [4.78, 5) is 35.6. The maximum atomic E-state index is 11.5. The molecule has 2 N–H and O–H groups in total. The third kappa shape index (κ3) is 5.82. The van der Waals surface area contributed by atoms with Gasteiger partial charge in [-0.05, 0) is 61.6 Å². The number of aromatic nitrogens is 2. The van der Waals surface area contributed by atoms with Gasteiger partial charge in [-0.25, -0.2) is 4.98 Å². The van der Waals surface area contributed by atoms with E-state index in [0.29, 0.717) is 17.5 Å². The van der Waals surface area contributed by atoms with Crippen molar-refractivity contribution in [2.75, 3.05) is 40.6 Å². The first-order chi connectivity index (χ1) is 17.5. The molecule has 0 saturated carbocycles. The zero-order valence-corrected chi connectivity index (χ0v) is 21.2. The molecule has 1 aliphatic rings. The molecule has 0 spiro atoms. The summed E-state index contributed by atoms with van der Waals surface area (Å²) in [5.41, 5.74) is 5.90. The molecule has 0 unspecified atom stereocenters. The molecular weight excluding hydrogens is 452 g/mol. The molecule has 1 amide bonds. The average Bonchev–Trinajstić information content (AvgIpc) is 2.91. The van der Waals surface area contributed by atoms with E-state index in [1.165, 1.54) is 16.2 Å². The second-order valence-corrected chi connectivity index (χ2v) is 9.26. The lowest BCUT2D eigenvalue weighted by Crippen LogP contribution is -2.34. The minimum Gasteiger partial charge on any atom is -0.371 e. The lowest BCUT2D eigenvalue weighted by atomic mass is 9.97. The van der Waals surface area contributed by atoms with E-state index in [0.717, 1.165) is 68.4 Å². The van der Waals surface area contributed by atoms with Gasteiger partial charge in [-0.2, -0.15) is 4.98 Å². The van der Waals surface area contributed by atoms with Gasteiger partial charge in [0.1, 0.15) is 12.0 Å². The molecule has 8 nitrogen and oxygen atoms in total. The Kier molecular flexibility index (Phi) is 8.15. The van der Waals surface area contributed by atoms with E-state index in [2.05, 4.69) is 45.6 Å². The van der Waals surface area contributed by atoms with Crippen LogP contribution in [-0.2, 0) is 16.0 Å². The zero-order valence-electron chi connectivity index (χ0n) is 21.2. The predicted molar refractivity (Wildman–Crippen MR) is 146 cm³/mol. The molecule has 0 radical (unpaired) electrons. The van der Waals surface area contributed by atoms with Crippen molar-refractivity contribution in [3.8, 4) is 0 Å². The zero-order chi connectivity index (χ0) is 25.5. The van der Waals surface area contributed by atoms with Gasteiger partial charge in [0.05, 0.1) is 6.20 Å². The number of hydrogen-bond donors (Lipinski definition) is 2. The van der Waals surface area contributed by atoms with Gasteiger partial charge < -0.3 is 25.2 Å². The summed E-state index contributed by atoms with van der Waals surface area (Å²) in [5.74, 6) is 1.17. The number of para-hydroxylation sites is 1. The summed E-state index contributed by atoms with van der Waals surface area (Å²) in [5, 5.41) is 6.75. The molecule has 1 aliphatic heterocycles. The highest BCUT2D eigenvalue weighted by Crippen LogP contribution is 2.31. The number of piperidine rings is 1. The smallest absolute Gasteiger partial charge is 0.229 e. The highest BCUT2D eigenvalue weighted by Gasteiger charge is 2.20. The molecule has 0 aliphatic carbocycles. The van der Waals surface area contributed by atoms with Crippen molar-refractivity contribution in [2.45, 2.75) is 39.5 Å². The fraction of sp³-hybridized carbons (Fsp3) is 0.357. The van der Waals surface area contributed by atoms with Gasteiger partial charge in [0, 0.05) is 43.1 Å². The number of nitrogens with zero attached hydrogens (tertiary/aromatic N) is 4. The number of aryl methyl sites for hydroxylation is 2. The Bertz CT molecular complexity index is 1210. The summed E-state index contributed by atoms with van der Waals surface area (Å²) >= 11 is 0. The van der Waals surface area contributed by atoms with E-state index < -0.39 is 0 Å². The molecule has 3 aromatic rings. The number of carbonyl (C=O) groups is 2. The Morgan fingerprint density at radius 3 is 2.56 bits per heavy atom. The second-order valence-electron chi connectivity index (χ2n) is 9.26. The first kappa shape index (κ1) is 25.2. The minimum absolute atomic E-state index is 0.179. The van der Waals surface area contributed by atoms with Crippen molar-refractivity contribution in [1.29, 1.82) is 0 Å². The van der Waals surface area contributed by atoms with E-state index in [4.69, 9.17) is 4.98 Å². The number of nitrogens with one attached hydrogen (secondary N) is 2. The van der Waals surface area contributed by atoms with E-state index in [9.17, 15) is 9.59 Å². The van der Waals surface area contributed by atoms with Gasteiger partial charge in [-0.3, -0.25) is 4.79 Å². The lowest BCUT2D eigenvalue weighted by Gasteiger charge is -2.32. The summed E-state index contributed by atoms with van der Waals surface area (Å²) in [6, 6.07) is 14.4. The van der Waals surface area contributed by atoms with E-state index in [1.807, 2.05) is 31.2 Å². The molecule has 1 aromatic heterocycles. The van der Waals surface area contributed by atoms with Crippen LogP contribution < -0.4 is 20.4 Å². The topological polar surface area (TPSA) is 90.5 Å². The Morgan fingerprint density at radius 2 is 1.86 bits per heavy atom. The Balaban J connectivity index is 1.60. The van der Waals surface area contributed by atoms with Crippen LogP contribution in [-0.4, -0.2) is 42.8 Å². The van der Waals surface area contributed by atoms with Crippen LogP contribution in [0.1, 0.15) is 37.3 Å². The van der Waals surface area contributed by atoms with Crippen molar-refractivity contribution in [2.24, 2.45) is 5.92 Å². The molecular formula is C28H34N6O2. The minimum atomic E-state index is 0.179. The fourth-order valence-corrected chi connectivity index (χ4v) is 4.47. The molecule has 8 heteroatoms. The van der Waals surface area contributed by atoms with Crippen molar-refractivity contribution in [3.63, 3.8) is 0 Å². The van der Waals surface area contributed by atoms with Gasteiger partial charge in [0.15, 0.2) is 5.82 Å². The van der Waals surface area contributed by atoms with Crippen LogP contribution in [0.4, 0.5) is 34.5 Å². The highest BCUT2D eigenvalue weighted by molar-refractivity contribution is 5.83. The maximum Gasteiger partial charge on any atom is 0.229 e. The van der Waals surface area contributed by atoms with Gasteiger partial charge in [0.2, 0.25) is 12.4 Å². The quantitative estimate of drug-likeness (QED) is 0.379. The van der Waals surface area contributed by atoms with Crippen molar-refractivity contribution >= 4 is 47.2 Å². The van der Waals surface area contributed by atoms with E-state index >= 15 is 0 Å². The third-order valence-electron chi connectivity index (χ3n) is 6.66. The summed E-state index contributed by atoms with van der Waals surface area (Å²) < 4.78 is 0. The summed E-state index contributed by atoms with van der Waals surface area (Å²) in [6.07, 6.45) is 7.21. The van der Waals surface area contributed by atoms with Crippen molar-refractivity contribution in [3.05, 3.63) is 59.8 Å². The molecule has 36 heavy (non-hydrogen) atoms. The molecule has 0 bridgehead atoms. The van der Waals surface area contributed by atoms with Gasteiger partial charge in [-0.1, -0.05) is 31.5 Å². The standard InChI is InChI=1S/C28H34N6O2/c1-4-7-22-16-23(34-14-12-21(18-35)13-15-34)10-11-25(22)31-28-29-17-26(33(3)19-36)27(32-28)30-24-9-6-5-8-20(24)2/h5-6,8-11,16-19,21H,4,7,12-15H2,1-3H3,(H2,29,30,31,32). The molecule has 188 valence electrons. The number of aldehydes is 1. The first-order valence-electron chi connectivity index (χ1n) is 12.5. The van der Waals surface area contributed by atoms with Crippen molar-refractivity contribution < 1.29 is 9.59 Å². The maximum absolute atomic E-state index is 11.5. The average molecular weight is 487 g/mol. The molecule has 2 heterocycles. The van der Waals surface area contributed by atoms with Crippen LogP contribution in [0.25, 0.3) is 0 Å². The molecule has 1 fully saturated rings. The third-order valence-corrected chi connectivity index (χ3v) is 6.66. The summed E-state index contributed by atoms with van der Waals surface area (Å²) in [6.45, 7) is 5.97. The van der Waals surface area contributed by atoms with Crippen LogP contribution in [0.5, 0.6) is 0 Å². The Hall–Kier alpha value is -3.94. The molecule has 4 rings (SSSR count). The van der Waals surface area contributed by atoms with Crippen LogP contribution >= 0.6 is 0 Å². The van der Waals surface area contributed by atoms with Crippen LogP contribution in [0.3, 0.4) is 0 Å². The summed E-state index contributed by atoms with van der Waals surface area (Å²) in [7, 11) is 1.68. The van der Waals surface area contributed by atoms with E-state index in [-0.39, 0.29) is 5.92 Å². The Labute approximate surface area is 212 Å². The van der Waals surface area contributed by atoms with Gasteiger partial charge in [0.25, 0.3) is 0 Å². The SMILES string of the molecule is CCCc1cc(N2CCC(C=O)CC2)ccc1Nc1ncc(N(C)C=O)c(Nc2ccccc2C)n1. The van der Waals surface area contributed by atoms with Crippen LogP contribution in [0.15, 0.2) is 48.7 Å². The number of benzene rings is 2. The van der Waals surface area contributed by atoms with Gasteiger partial charge >= 0.3 is 0 Å². The van der Waals surface area contributed by atoms with Crippen LogP contribution in [0, 0.1) is 12.8 Å². The number of hydrogen-bond acceptors (Lipinski definition) is 7. The normalized spacial score (nSPS) is 13.8. The first-order valence-corrected chi connectivity index (χ1v) is 12.5. The molecule has 1 saturated heterocycles. The monoisotopic (exact) mass is 486 g/mol. The number of anilines is 6. The lowest BCUT2D eigenvalue weighted by molar-refractivity contribution is -0.111. The fourth-order valence-electron chi connectivity index (χ4n) is 4.47. The van der Waals surface area contributed by atoms with E-state index in [1.54, 1.807) is 13.2 Å². The van der Waals surface area contributed by atoms with Gasteiger partial charge in [-0.15, -0.1) is 0 Å². The Morgan fingerprint density at radius 1 is 1.08 bits per heavy atom. The second kappa shape index (κ2) is 11.7. The predicted octanol–water partition coefficient (Wildman–Crippen LogP) is 5.23.